The van der Waals surface area contributed by atoms with Crippen molar-refractivity contribution < 1.29 is 4.74 Å². The topological polar surface area (TPSA) is 22.1 Å². The van der Waals surface area contributed by atoms with Gasteiger partial charge in [0, 0.05) is 12.4 Å². The molecule has 2 rings (SSSR count). The Morgan fingerprint density at radius 2 is 1.93 bits per heavy atom. The molecule has 0 aliphatic carbocycles. The van der Waals surface area contributed by atoms with Crippen LogP contribution in [0.5, 0.6) is 5.75 Å². The average Bonchev–Trinajstić information content (AvgIpc) is 2.28. The summed E-state index contributed by atoms with van der Waals surface area (Å²) in [6, 6.07) is 11.2. The lowest BCUT2D eigenvalue weighted by atomic mass is 10.2. The van der Waals surface area contributed by atoms with Crippen molar-refractivity contribution >= 4 is 0 Å². The minimum absolute atomic E-state index is 0.534. The lowest BCUT2D eigenvalue weighted by Crippen LogP contribution is -1.95. The summed E-state index contributed by atoms with van der Waals surface area (Å²) in [5, 5.41) is 0. The summed E-state index contributed by atoms with van der Waals surface area (Å²) >= 11 is 0. The Labute approximate surface area is 89.6 Å². The highest BCUT2D eigenvalue weighted by molar-refractivity contribution is 5.30. The van der Waals surface area contributed by atoms with Gasteiger partial charge in [-0.3, -0.25) is 4.98 Å². The molecule has 2 nitrogen and oxygen atoms in total. The molecule has 1 heterocycles. The minimum atomic E-state index is 0.534. The summed E-state index contributed by atoms with van der Waals surface area (Å²) in [6.45, 7) is 6.17. The second-order valence-corrected chi connectivity index (χ2v) is 3.22. The molecule has 15 heavy (non-hydrogen) atoms. The van der Waals surface area contributed by atoms with Gasteiger partial charge in [0.1, 0.15) is 12.4 Å². The molecule has 0 aliphatic heterocycles. The molecule has 0 bridgehead atoms. The number of nitrogens with zero attached hydrogens (tertiary/aromatic N) is 1. The standard InChI is InChI=1S/C13H11NO/c1-11-3-2-4-13(9-11)15-10-12-5-7-14-8-6-12/h1-9H,10H2. The van der Waals surface area contributed by atoms with Crippen molar-refractivity contribution in [3.05, 3.63) is 66.8 Å². The van der Waals surface area contributed by atoms with Crippen LogP contribution in [-0.2, 0) is 6.61 Å². The molecule has 1 aromatic carbocycles. The van der Waals surface area contributed by atoms with Gasteiger partial charge >= 0.3 is 0 Å². The monoisotopic (exact) mass is 197 g/mol. The van der Waals surface area contributed by atoms with E-state index in [-0.39, 0.29) is 0 Å². The van der Waals surface area contributed by atoms with Gasteiger partial charge in [0.2, 0.25) is 0 Å². The summed E-state index contributed by atoms with van der Waals surface area (Å²) in [7, 11) is 0. The zero-order chi connectivity index (χ0) is 10.5. The van der Waals surface area contributed by atoms with Crippen LogP contribution in [0, 0.1) is 6.92 Å². The maximum absolute atomic E-state index is 5.64. The molecule has 0 aliphatic rings. The van der Waals surface area contributed by atoms with E-state index in [1.54, 1.807) is 18.5 Å². The molecule has 1 aromatic heterocycles. The predicted octanol–water partition coefficient (Wildman–Crippen LogP) is 2.72. The number of benzene rings is 1. The third-order valence-corrected chi connectivity index (χ3v) is 2.01. The molecule has 0 atom stereocenters. The van der Waals surface area contributed by atoms with Crippen LogP contribution in [0.25, 0.3) is 0 Å². The summed E-state index contributed by atoms with van der Waals surface area (Å²) in [5.74, 6) is 0.784. The molecule has 0 amide bonds. The van der Waals surface area contributed by atoms with Crippen LogP contribution in [-0.4, -0.2) is 4.98 Å². The van der Waals surface area contributed by atoms with Crippen molar-refractivity contribution in [2.24, 2.45) is 0 Å². The fourth-order valence-corrected chi connectivity index (χ4v) is 1.25. The first-order chi connectivity index (χ1) is 7.34. The van der Waals surface area contributed by atoms with Gasteiger partial charge in [0.25, 0.3) is 0 Å². The number of hydrogen-bond acceptors (Lipinski definition) is 2. The van der Waals surface area contributed by atoms with Crippen molar-refractivity contribution in [1.82, 2.24) is 4.98 Å². The first-order valence-corrected chi connectivity index (χ1v) is 4.72. The van der Waals surface area contributed by atoms with Gasteiger partial charge in [-0.1, -0.05) is 12.1 Å². The molecule has 0 saturated carbocycles. The van der Waals surface area contributed by atoms with E-state index in [0.29, 0.717) is 12.2 Å². The van der Waals surface area contributed by atoms with Gasteiger partial charge in [-0.2, -0.15) is 0 Å². The Morgan fingerprint density at radius 1 is 1.13 bits per heavy atom. The smallest absolute Gasteiger partial charge is 0.120 e. The Balaban J connectivity index is 1.99. The Morgan fingerprint density at radius 3 is 2.67 bits per heavy atom. The Kier molecular flexibility index (Phi) is 2.98. The molecule has 2 radical (unpaired) electrons. The molecule has 0 unspecified atom stereocenters. The lowest BCUT2D eigenvalue weighted by molar-refractivity contribution is 0.306. The van der Waals surface area contributed by atoms with Crippen LogP contribution in [0.3, 0.4) is 0 Å². The summed E-state index contributed by atoms with van der Waals surface area (Å²) in [5.41, 5.74) is 1.80. The third-order valence-electron chi connectivity index (χ3n) is 2.01. The van der Waals surface area contributed by atoms with Gasteiger partial charge in [-0.15, -0.1) is 0 Å². The molecular formula is C13H11NO. The van der Waals surface area contributed by atoms with Crippen LogP contribution in [0.2, 0.25) is 0 Å². The van der Waals surface area contributed by atoms with Crippen LogP contribution < -0.4 is 4.74 Å². The van der Waals surface area contributed by atoms with Gasteiger partial charge in [-0.05, 0) is 42.3 Å². The maximum Gasteiger partial charge on any atom is 0.120 e. The number of pyridine rings is 1. The quantitative estimate of drug-likeness (QED) is 0.754. The lowest BCUT2D eigenvalue weighted by Gasteiger charge is -2.06. The van der Waals surface area contributed by atoms with E-state index in [2.05, 4.69) is 4.98 Å². The zero-order valence-corrected chi connectivity index (χ0v) is 8.26. The second-order valence-electron chi connectivity index (χ2n) is 3.22. The SMILES string of the molecule is [CH]c1cccc(OCc2ccncc2)c1. The highest BCUT2D eigenvalue weighted by atomic mass is 16.5. The molecule has 0 spiro atoms. The largest absolute Gasteiger partial charge is 0.489 e. The number of rotatable bonds is 3. The molecule has 74 valence electrons. The average molecular weight is 197 g/mol. The molecule has 0 saturated heterocycles. The summed E-state index contributed by atoms with van der Waals surface area (Å²) < 4.78 is 5.57. The van der Waals surface area contributed by atoms with E-state index in [1.165, 1.54) is 0 Å². The summed E-state index contributed by atoms with van der Waals surface area (Å²) in [4.78, 5) is 3.94. The van der Waals surface area contributed by atoms with Crippen LogP contribution in [0.15, 0.2) is 48.8 Å². The Bertz CT molecular complexity index is 426. The van der Waals surface area contributed by atoms with Crippen LogP contribution >= 0.6 is 0 Å². The highest BCUT2D eigenvalue weighted by Gasteiger charge is 1.95. The first-order valence-electron chi connectivity index (χ1n) is 4.72. The fraction of sp³-hybridized carbons (Fsp3) is 0.0769. The van der Waals surface area contributed by atoms with Crippen molar-refractivity contribution in [2.45, 2.75) is 6.61 Å². The third kappa shape index (κ3) is 2.81. The first kappa shape index (κ1) is 9.71. The van der Waals surface area contributed by atoms with Crippen molar-refractivity contribution in [1.29, 1.82) is 0 Å². The van der Waals surface area contributed by atoms with E-state index in [4.69, 9.17) is 11.7 Å². The van der Waals surface area contributed by atoms with Crippen molar-refractivity contribution in [3.63, 3.8) is 0 Å². The molecular weight excluding hydrogens is 186 g/mol. The fourth-order valence-electron chi connectivity index (χ4n) is 1.25. The van der Waals surface area contributed by atoms with Crippen molar-refractivity contribution in [2.75, 3.05) is 0 Å². The van der Waals surface area contributed by atoms with Gasteiger partial charge < -0.3 is 4.74 Å². The predicted molar refractivity (Wildman–Crippen MR) is 58.4 cm³/mol. The van der Waals surface area contributed by atoms with E-state index in [0.717, 1.165) is 11.3 Å². The normalized spacial score (nSPS) is 9.93. The number of hydrogen-bond donors (Lipinski definition) is 0. The van der Waals surface area contributed by atoms with E-state index < -0.39 is 0 Å². The van der Waals surface area contributed by atoms with E-state index >= 15 is 0 Å². The molecule has 0 N–H and O–H groups in total. The number of ether oxygens (including phenoxy) is 1. The molecule has 2 aromatic rings. The maximum atomic E-state index is 5.64. The minimum Gasteiger partial charge on any atom is -0.489 e. The number of aromatic nitrogens is 1. The molecule has 2 heteroatoms. The van der Waals surface area contributed by atoms with Gasteiger partial charge in [0.05, 0.1) is 0 Å². The summed E-state index contributed by atoms with van der Waals surface area (Å²) in [6.07, 6.45) is 3.50. The van der Waals surface area contributed by atoms with Crippen LogP contribution in [0.4, 0.5) is 0 Å². The van der Waals surface area contributed by atoms with Gasteiger partial charge in [-0.25, -0.2) is 0 Å². The van der Waals surface area contributed by atoms with E-state index in [9.17, 15) is 0 Å². The van der Waals surface area contributed by atoms with Crippen molar-refractivity contribution in [3.8, 4) is 5.75 Å². The Hall–Kier alpha value is -1.83. The highest BCUT2D eigenvalue weighted by Crippen LogP contribution is 2.13. The second kappa shape index (κ2) is 4.60. The van der Waals surface area contributed by atoms with Crippen LogP contribution in [0.1, 0.15) is 11.1 Å². The molecule has 0 fully saturated rings. The van der Waals surface area contributed by atoms with E-state index in [1.807, 2.05) is 30.3 Å². The van der Waals surface area contributed by atoms with Gasteiger partial charge in [0.15, 0.2) is 0 Å². The zero-order valence-electron chi connectivity index (χ0n) is 8.26.